The van der Waals surface area contributed by atoms with Crippen molar-refractivity contribution in [2.45, 2.75) is 37.4 Å². The monoisotopic (exact) mass is 368 g/mol. The third-order valence-corrected chi connectivity index (χ3v) is 5.17. The summed E-state index contributed by atoms with van der Waals surface area (Å²) >= 11 is 6.11. The molecule has 0 saturated carbocycles. The Morgan fingerprint density at radius 3 is 2.26 bits per heavy atom. The maximum absolute atomic E-state index is 12.6. The van der Waals surface area contributed by atoms with E-state index in [-0.39, 0.29) is 21.5 Å². The molecule has 2 rings (SSSR count). The molecule has 2 aromatic rings. The van der Waals surface area contributed by atoms with Crippen molar-refractivity contribution in [3.8, 4) is 0 Å². The molecule has 128 valence electrons. The van der Waals surface area contributed by atoms with Crippen LogP contribution in [-0.4, -0.2) is 23.7 Å². The average Bonchev–Trinajstić information content (AvgIpc) is 2.64. The summed E-state index contributed by atoms with van der Waals surface area (Å²) < 4.78 is 62.2. The third kappa shape index (κ3) is 3.19. The van der Waals surface area contributed by atoms with Gasteiger partial charge in [-0.2, -0.15) is 18.3 Å². The van der Waals surface area contributed by atoms with E-state index in [4.69, 9.17) is 11.6 Å². The zero-order valence-corrected chi connectivity index (χ0v) is 14.6. The van der Waals surface area contributed by atoms with E-state index in [0.717, 1.165) is 5.56 Å². The lowest BCUT2D eigenvalue weighted by atomic mass is 9.85. The zero-order chi connectivity index (χ0) is 17.8. The maximum atomic E-state index is 12.6. The van der Waals surface area contributed by atoms with Crippen molar-refractivity contribution in [2.75, 3.05) is 0 Å². The van der Waals surface area contributed by atoms with Crippen LogP contribution in [0.25, 0.3) is 10.9 Å². The molecule has 0 aliphatic carbocycles. The van der Waals surface area contributed by atoms with E-state index >= 15 is 0 Å². The smallest absolute Gasteiger partial charge is 0.267 e. The average molecular weight is 369 g/mol. The number of aromatic nitrogens is 2. The summed E-state index contributed by atoms with van der Waals surface area (Å²) in [4.78, 5) is 0. The first kappa shape index (κ1) is 18.1. The second-order valence-corrected chi connectivity index (χ2v) is 8.73. The molecule has 23 heavy (non-hydrogen) atoms. The van der Waals surface area contributed by atoms with Crippen molar-refractivity contribution < 1.29 is 21.6 Å². The van der Waals surface area contributed by atoms with Gasteiger partial charge in [0, 0.05) is 12.4 Å². The lowest BCUT2D eigenvalue weighted by Gasteiger charge is -2.21. The van der Waals surface area contributed by atoms with Crippen molar-refractivity contribution >= 4 is 32.3 Å². The number of rotatable bonds is 2. The van der Waals surface area contributed by atoms with Gasteiger partial charge in [0.1, 0.15) is 5.75 Å². The molecular formula is C14H16ClF3N2O2S. The number of alkyl halides is 3. The highest BCUT2D eigenvalue weighted by atomic mass is 35.5. The van der Waals surface area contributed by atoms with Gasteiger partial charge >= 0.3 is 5.51 Å². The first-order valence-electron chi connectivity index (χ1n) is 6.69. The van der Waals surface area contributed by atoms with Gasteiger partial charge in [-0.1, -0.05) is 38.4 Å². The number of sulfone groups is 1. The largest absolute Gasteiger partial charge is 0.497 e. The minimum atomic E-state index is -5.33. The van der Waals surface area contributed by atoms with Crippen LogP contribution in [0.4, 0.5) is 13.2 Å². The van der Waals surface area contributed by atoms with Crippen LogP contribution < -0.4 is 0 Å². The number of benzene rings is 1. The molecule has 0 N–H and O–H groups in total. The number of fused-ring (bicyclic) bond motifs is 1. The fraction of sp³-hybridized carbons (Fsp3) is 0.500. The highest BCUT2D eigenvalue weighted by molar-refractivity contribution is 7.91. The van der Waals surface area contributed by atoms with Crippen LogP contribution in [0.15, 0.2) is 12.1 Å². The van der Waals surface area contributed by atoms with Crippen LogP contribution in [0.3, 0.4) is 0 Å². The van der Waals surface area contributed by atoms with Crippen molar-refractivity contribution in [2.24, 2.45) is 7.05 Å². The topological polar surface area (TPSA) is 52.0 Å². The van der Waals surface area contributed by atoms with Gasteiger partial charge in [-0.3, -0.25) is 4.68 Å². The van der Waals surface area contributed by atoms with Gasteiger partial charge in [-0.25, -0.2) is 8.42 Å². The molecule has 9 heteroatoms. The summed E-state index contributed by atoms with van der Waals surface area (Å²) in [5.41, 5.74) is -4.47. The Morgan fingerprint density at radius 2 is 1.78 bits per heavy atom. The quantitative estimate of drug-likeness (QED) is 0.806. The van der Waals surface area contributed by atoms with E-state index in [1.165, 1.54) is 4.68 Å². The van der Waals surface area contributed by atoms with E-state index in [9.17, 15) is 21.6 Å². The molecule has 0 radical (unpaired) electrons. The summed E-state index contributed by atoms with van der Waals surface area (Å²) in [6, 6.07) is 3.32. The van der Waals surface area contributed by atoms with Crippen LogP contribution in [0.5, 0.6) is 0 Å². The molecular weight excluding hydrogens is 353 g/mol. The lowest BCUT2D eigenvalue weighted by molar-refractivity contribution is -0.0437. The Hall–Kier alpha value is -1.28. The van der Waals surface area contributed by atoms with Crippen molar-refractivity contribution in [3.63, 3.8) is 0 Å². The highest BCUT2D eigenvalue weighted by Gasteiger charge is 2.46. The molecule has 0 fully saturated rings. The summed E-state index contributed by atoms with van der Waals surface area (Å²) in [5, 5.41) is 4.40. The highest BCUT2D eigenvalue weighted by Crippen LogP contribution is 2.37. The predicted molar refractivity (Wildman–Crippen MR) is 83.1 cm³/mol. The van der Waals surface area contributed by atoms with E-state index < -0.39 is 21.1 Å². The zero-order valence-electron chi connectivity index (χ0n) is 13.0. The predicted octanol–water partition coefficient (Wildman–Crippen LogP) is 3.96. The molecule has 0 bridgehead atoms. The van der Waals surface area contributed by atoms with Gasteiger partial charge < -0.3 is 0 Å². The second kappa shape index (κ2) is 5.37. The number of hydrogen-bond donors (Lipinski definition) is 0. The second-order valence-electron chi connectivity index (χ2n) is 6.34. The SMILES string of the molecule is Cn1nc(CS(=O)(=O)C(F)(F)F)c2c(Cl)ccc(C(C)(C)C)c21. The first-order chi connectivity index (χ1) is 10.3. The minimum Gasteiger partial charge on any atom is -0.267 e. The Morgan fingerprint density at radius 1 is 1.22 bits per heavy atom. The molecule has 0 unspecified atom stereocenters. The number of nitrogens with zero attached hydrogens (tertiary/aromatic N) is 2. The standard InChI is InChI=1S/C14H16ClF3N2O2S/c1-13(2,3)8-5-6-9(15)11-10(19-20(4)12(8)11)7-23(21,22)14(16,17)18/h5-6H,7H2,1-4H3. The van der Waals surface area contributed by atoms with E-state index in [1.54, 1.807) is 19.2 Å². The molecule has 0 aliphatic rings. The maximum Gasteiger partial charge on any atom is 0.497 e. The molecule has 0 atom stereocenters. The number of aryl methyl sites for hydroxylation is 1. The summed E-state index contributed by atoms with van der Waals surface area (Å²) in [5.74, 6) is -1.23. The third-order valence-electron chi connectivity index (χ3n) is 3.50. The number of halogens is 4. The van der Waals surface area contributed by atoms with Crippen LogP contribution in [-0.2, 0) is 28.1 Å². The minimum absolute atomic E-state index is 0.175. The molecule has 0 saturated heterocycles. The van der Waals surface area contributed by atoms with Crippen LogP contribution >= 0.6 is 11.6 Å². The van der Waals surface area contributed by atoms with Crippen molar-refractivity contribution in [3.05, 3.63) is 28.4 Å². The van der Waals surface area contributed by atoms with Gasteiger partial charge in [0.25, 0.3) is 9.84 Å². The summed E-state index contributed by atoms with van der Waals surface area (Å²) in [6.45, 7) is 5.82. The Kier molecular flexibility index (Phi) is 4.22. The number of hydrogen-bond acceptors (Lipinski definition) is 3. The molecule has 1 aromatic heterocycles. The van der Waals surface area contributed by atoms with E-state index in [1.807, 2.05) is 20.8 Å². The van der Waals surface area contributed by atoms with Gasteiger partial charge in [0.2, 0.25) is 0 Å². The van der Waals surface area contributed by atoms with Crippen LogP contribution in [0.2, 0.25) is 5.02 Å². The Bertz CT molecular complexity index is 865. The Labute approximate surface area is 137 Å². The molecule has 0 amide bonds. The normalized spacial score (nSPS) is 13.7. The lowest BCUT2D eigenvalue weighted by Crippen LogP contribution is -2.25. The molecule has 1 heterocycles. The molecule has 1 aromatic carbocycles. The van der Waals surface area contributed by atoms with E-state index in [0.29, 0.717) is 5.52 Å². The summed E-state index contributed by atoms with van der Waals surface area (Å²) in [6.07, 6.45) is 0. The molecule has 0 aliphatic heterocycles. The molecule has 4 nitrogen and oxygen atoms in total. The van der Waals surface area contributed by atoms with Crippen molar-refractivity contribution in [1.82, 2.24) is 9.78 Å². The molecule has 0 spiro atoms. The van der Waals surface area contributed by atoms with Gasteiger partial charge in [-0.15, -0.1) is 0 Å². The van der Waals surface area contributed by atoms with Crippen molar-refractivity contribution in [1.29, 1.82) is 0 Å². The Balaban J connectivity index is 2.75. The fourth-order valence-electron chi connectivity index (χ4n) is 2.43. The van der Waals surface area contributed by atoms with Gasteiger partial charge in [0.05, 0.1) is 16.2 Å². The van der Waals surface area contributed by atoms with Gasteiger partial charge in [0.15, 0.2) is 0 Å². The fourth-order valence-corrected chi connectivity index (χ4v) is 3.41. The van der Waals surface area contributed by atoms with E-state index in [2.05, 4.69) is 5.10 Å². The summed E-state index contributed by atoms with van der Waals surface area (Å²) in [7, 11) is -3.78. The first-order valence-corrected chi connectivity index (χ1v) is 8.72. The van der Waals surface area contributed by atoms with Gasteiger partial charge in [-0.05, 0) is 17.0 Å². The van der Waals surface area contributed by atoms with Crippen LogP contribution in [0, 0.1) is 0 Å². The van der Waals surface area contributed by atoms with Crippen LogP contribution in [0.1, 0.15) is 32.0 Å².